The zero-order chi connectivity index (χ0) is 20.7. The van der Waals surface area contributed by atoms with E-state index in [0.717, 1.165) is 57.5 Å². The molecule has 1 saturated carbocycles. The average Bonchev–Trinajstić information content (AvgIpc) is 3.32. The zero-order valence-corrected chi connectivity index (χ0v) is 22.1. The zero-order valence-electron chi connectivity index (χ0n) is 18.9. The number of thioether (sulfide) groups is 1. The van der Waals surface area contributed by atoms with Crippen LogP contribution in [0.1, 0.15) is 44.7 Å². The Kier molecular flexibility index (Phi) is 10.2. The van der Waals surface area contributed by atoms with Gasteiger partial charge in [0, 0.05) is 75.5 Å². The summed E-state index contributed by atoms with van der Waals surface area (Å²) in [7, 11) is 0. The lowest BCUT2D eigenvalue weighted by Crippen LogP contribution is -2.56. The molecule has 31 heavy (non-hydrogen) atoms. The number of piperazine rings is 1. The Morgan fingerprint density at radius 3 is 2.52 bits per heavy atom. The van der Waals surface area contributed by atoms with Gasteiger partial charge in [-0.15, -0.1) is 24.0 Å². The van der Waals surface area contributed by atoms with Gasteiger partial charge >= 0.3 is 0 Å². The van der Waals surface area contributed by atoms with Gasteiger partial charge < -0.3 is 14.7 Å². The van der Waals surface area contributed by atoms with Gasteiger partial charge in [0.2, 0.25) is 0 Å². The summed E-state index contributed by atoms with van der Waals surface area (Å²) in [4.78, 5) is 12.9. The monoisotopic (exact) mass is 562 g/mol. The molecule has 3 fully saturated rings. The van der Waals surface area contributed by atoms with E-state index in [4.69, 9.17) is 9.52 Å². The number of guanidine groups is 1. The first-order chi connectivity index (χ1) is 14.8. The van der Waals surface area contributed by atoms with Crippen molar-refractivity contribution in [3.63, 3.8) is 0 Å². The van der Waals surface area contributed by atoms with Gasteiger partial charge in [-0.3, -0.25) is 14.8 Å². The third-order valence-electron chi connectivity index (χ3n) is 6.87. The van der Waals surface area contributed by atoms with E-state index in [2.05, 4.69) is 43.9 Å². The largest absolute Gasteiger partial charge is 0.364 e. The van der Waals surface area contributed by atoms with E-state index >= 15 is 0 Å². The Labute approximate surface area is 208 Å². The van der Waals surface area contributed by atoms with E-state index in [9.17, 15) is 0 Å². The molecule has 3 aliphatic rings. The van der Waals surface area contributed by atoms with Crippen LogP contribution in [0, 0.1) is 0 Å². The summed E-state index contributed by atoms with van der Waals surface area (Å²) in [5.41, 5.74) is 1.30. The van der Waals surface area contributed by atoms with Crippen LogP contribution < -0.4 is 5.32 Å². The number of hydrogen-bond acceptors (Lipinski definition) is 6. The van der Waals surface area contributed by atoms with Gasteiger partial charge in [0.15, 0.2) is 5.96 Å². The number of halogens is 1. The van der Waals surface area contributed by atoms with E-state index < -0.39 is 0 Å². The highest BCUT2D eigenvalue weighted by Gasteiger charge is 2.38. The van der Waals surface area contributed by atoms with Crippen molar-refractivity contribution in [1.82, 2.24) is 25.2 Å². The van der Waals surface area contributed by atoms with Crippen LogP contribution in [0.3, 0.4) is 0 Å². The summed E-state index contributed by atoms with van der Waals surface area (Å²) in [6.45, 7) is 11.5. The first-order valence-electron chi connectivity index (χ1n) is 11.8. The molecule has 4 rings (SSSR count). The van der Waals surface area contributed by atoms with Gasteiger partial charge in [-0.1, -0.05) is 24.4 Å². The first-order valence-corrected chi connectivity index (χ1v) is 12.9. The molecule has 0 spiro atoms. The average molecular weight is 563 g/mol. The molecule has 176 valence electrons. The Hall–Kier alpha value is -0.520. The fraction of sp³-hybridized carbons (Fsp3) is 0.818. The van der Waals surface area contributed by atoms with Gasteiger partial charge in [-0.25, -0.2) is 0 Å². The normalized spacial score (nSPS) is 23.4. The molecular weight excluding hydrogens is 523 g/mol. The van der Waals surface area contributed by atoms with Crippen molar-refractivity contribution >= 4 is 41.7 Å². The first kappa shape index (κ1) is 25.1. The van der Waals surface area contributed by atoms with Crippen molar-refractivity contribution in [3.8, 4) is 0 Å². The molecule has 9 heteroatoms. The molecule has 3 heterocycles. The van der Waals surface area contributed by atoms with Crippen LogP contribution in [0.25, 0.3) is 0 Å². The molecule has 0 radical (unpaired) electrons. The van der Waals surface area contributed by atoms with Crippen molar-refractivity contribution in [1.29, 1.82) is 0 Å². The van der Waals surface area contributed by atoms with Gasteiger partial charge in [-0.05, 0) is 19.8 Å². The maximum atomic E-state index is 5.25. The highest BCUT2D eigenvalue weighted by molar-refractivity contribution is 14.0. The van der Waals surface area contributed by atoms with Gasteiger partial charge in [0.25, 0.3) is 0 Å². The molecule has 2 saturated heterocycles. The quantitative estimate of drug-likeness (QED) is 0.325. The van der Waals surface area contributed by atoms with Crippen LogP contribution in [-0.4, -0.2) is 95.2 Å². The van der Waals surface area contributed by atoms with Crippen LogP contribution >= 0.6 is 35.7 Å². The summed E-state index contributed by atoms with van der Waals surface area (Å²) in [6.07, 6.45) is 8.39. The maximum Gasteiger partial charge on any atom is 0.194 e. The van der Waals surface area contributed by atoms with Crippen LogP contribution in [0.2, 0.25) is 0 Å². The third kappa shape index (κ3) is 6.74. The van der Waals surface area contributed by atoms with E-state index in [1.807, 2.05) is 6.07 Å². The van der Waals surface area contributed by atoms with Gasteiger partial charge in [0.1, 0.15) is 6.26 Å². The molecule has 1 aliphatic carbocycles. The Morgan fingerprint density at radius 2 is 1.87 bits per heavy atom. The lowest BCUT2D eigenvalue weighted by molar-refractivity contribution is 0.0667. The number of rotatable bonds is 6. The van der Waals surface area contributed by atoms with E-state index in [1.165, 1.54) is 56.7 Å². The van der Waals surface area contributed by atoms with Crippen molar-refractivity contribution in [2.45, 2.75) is 51.1 Å². The minimum atomic E-state index is 0. The fourth-order valence-corrected chi connectivity index (χ4v) is 6.04. The van der Waals surface area contributed by atoms with Crippen molar-refractivity contribution in [2.24, 2.45) is 4.99 Å². The fourth-order valence-electron chi connectivity index (χ4n) is 5.14. The molecule has 2 aliphatic heterocycles. The third-order valence-corrected chi connectivity index (χ3v) is 7.82. The van der Waals surface area contributed by atoms with E-state index in [-0.39, 0.29) is 29.5 Å². The molecule has 0 unspecified atom stereocenters. The molecule has 1 aromatic heterocycles. The summed E-state index contributed by atoms with van der Waals surface area (Å²) in [5, 5.41) is 7.63. The second-order valence-electron chi connectivity index (χ2n) is 8.81. The molecule has 0 aromatic carbocycles. The van der Waals surface area contributed by atoms with Gasteiger partial charge in [0.05, 0.1) is 12.2 Å². The Balaban J connectivity index is 0.00000272. The smallest absolute Gasteiger partial charge is 0.194 e. The molecule has 1 aromatic rings. The second-order valence-corrected chi connectivity index (χ2v) is 10.0. The van der Waals surface area contributed by atoms with Crippen LogP contribution in [0.15, 0.2) is 21.8 Å². The summed E-state index contributed by atoms with van der Waals surface area (Å²) in [6, 6.07) is 1.96. The molecule has 0 amide bonds. The highest BCUT2D eigenvalue weighted by Crippen LogP contribution is 2.35. The summed E-state index contributed by atoms with van der Waals surface area (Å²) in [5.74, 6) is 3.66. The predicted molar refractivity (Wildman–Crippen MR) is 139 cm³/mol. The summed E-state index contributed by atoms with van der Waals surface area (Å²) >= 11 is 2.10. The lowest BCUT2D eigenvalue weighted by atomic mass is 9.80. The van der Waals surface area contributed by atoms with Crippen LogP contribution in [-0.2, 0) is 6.54 Å². The maximum absolute atomic E-state index is 5.25. The number of aromatic nitrogens is 1. The molecule has 7 nitrogen and oxygen atoms in total. The van der Waals surface area contributed by atoms with Gasteiger partial charge in [-0.2, -0.15) is 11.8 Å². The van der Waals surface area contributed by atoms with Crippen LogP contribution in [0.4, 0.5) is 0 Å². The van der Waals surface area contributed by atoms with Crippen LogP contribution in [0.5, 0.6) is 0 Å². The standard InChI is InChI=1S/C22H38N6OS.HI/c1-2-23-21(27-11-9-26(10-12-27)18-20-6-15-29-25-20)24-19-22(7-4-3-5-8-22)28-13-16-30-17-14-28;/h6,15H,2-5,7-14,16-19H2,1H3,(H,23,24);1H. The molecule has 0 atom stereocenters. The molecular formula is C22H39IN6OS. The lowest BCUT2D eigenvalue weighted by Gasteiger charge is -2.47. The minimum Gasteiger partial charge on any atom is -0.364 e. The Morgan fingerprint density at radius 1 is 1.13 bits per heavy atom. The van der Waals surface area contributed by atoms with Crippen molar-refractivity contribution in [2.75, 3.05) is 63.9 Å². The van der Waals surface area contributed by atoms with Crippen molar-refractivity contribution < 1.29 is 4.52 Å². The number of nitrogens with zero attached hydrogens (tertiary/aromatic N) is 5. The number of hydrogen-bond donors (Lipinski definition) is 1. The highest BCUT2D eigenvalue weighted by atomic mass is 127. The van der Waals surface area contributed by atoms with Crippen molar-refractivity contribution in [3.05, 3.63) is 18.0 Å². The SMILES string of the molecule is CCNC(=NCC1(N2CCSCC2)CCCCC1)N1CCN(Cc2ccon2)CC1.I. The molecule has 0 bridgehead atoms. The number of aliphatic imine (C=N–C) groups is 1. The summed E-state index contributed by atoms with van der Waals surface area (Å²) < 4.78 is 4.97. The van der Waals surface area contributed by atoms with E-state index in [1.54, 1.807) is 6.26 Å². The number of nitrogens with one attached hydrogen (secondary N) is 1. The minimum absolute atomic E-state index is 0. The predicted octanol–water partition coefficient (Wildman–Crippen LogP) is 3.13. The topological polar surface area (TPSA) is 60.1 Å². The Bertz CT molecular complexity index is 653. The van der Waals surface area contributed by atoms with E-state index in [0.29, 0.717) is 0 Å². The molecule has 1 N–H and O–H groups in total. The second kappa shape index (κ2) is 12.6.